The van der Waals surface area contributed by atoms with E-state index in [0.29, 0.717) is 15.6 Å². The fourth-order valence-corrected chi connectivity index (χ4v) is 5.55. The van der Waals surface area contributed by atoms with Gasteiger partial charge in [-0.15, -0.1) is 11.3 Å². The summed E-state index contributed by atoms with van der Waals surface area (Å²) in [5, 5.41) is 4.64. The van der Waals surface area contributed by atoms with Crippen molar-refractivity contribution in [2.75, 3.05) is 11.4 Å². The van der Waals surface area contributed by atoms with Crippen molar-refractivity contribution in [3.8, 4) is 0 Å². The molecule has 4 aromatic rings. The van der Waals surface area contributed by atoms with Crippen LogP contribution in [0.3, 0.4) is 0 Å². The Labute approximate surface area is 188 Å². The van der Waals surface area contributed by atoms with E-state index in [0.717, 1.165) is 40.1 Å². The van der Waals surface area contributed by atoms with Crippen molar-refractivity contribution in [3.63, 3.8) is 0 Å². The molecule has 1 amide bonds. The van der Waals surface area contributed by atoms with Gasteiger partial charge in [-0.2, -0.15) is 5.10 Å². The number of aromatic nitrogens is 3. The number of hydrogen-bond donors (Lipinski definition) is 0. The van der Waals surface area contributed by atoms with E-state index < -0.39 is 17.5 Å². The molecule has 0 saturated carbocycles. The highest BCUT2D eigenvalue weighted by Crippen LogP contribution is 2.35. The molecule has 0 bridgehead atoms. The number of aryl methyl sites for hydroxylation is 2. The summed E-state index contributed by atoms with van der Waals surface area (Å²) >= 11 is 14.3. The van der Waals surface area contributed by atoms with Crippen LogP contribution in [0.1, 0.15) is 21.7 Å². The zero-order chi connectivity index (χ0) is 21.6. The fourth-order valence-electron chi connectivity index (χ4n) is 3.07. The zero-order valence-electron chi connectivity index (χ0n) is 15.7. The van der Waals surface area contributed by atoms with Gasteiger partial charge >= 0.3 is 0 Å². The first-order valence-corrected chi connectivity index (χ1v) is 11.1. The number of thiophene rings is 1. The van der Waals surface area contributed by atoms with Crippen molar-refractivity contribution in [2.45, 2.75) is 20.4 Å². The van der Waals surface area contributed by atoms with E-state index in [1.54, 1.807) is 4.68 Å². The summed E-state index contributed by atoms with van der Waals surface area (Å²) in [5.74, 6) is -1.91. The molecule has 3 heterocycles. The van der Waals surface area contributed by atoms with Gasteiger partial charge in [0, 0.05) is 18.3 Å². The van der Waals surface area contributed by atoms with Crippen LogP contribution in [0, 0.1) is 25.5 Å². The van der Waals surface area contributed by atoms with E-state index in [-0.39, 0.29) is 27.1 Å². The monoisotopic (exact) mass is 486 g/mol. The lowest BCUT2D eigenvalue weighted by Gasteiger charge is -2.20. The Morgan fingerprint density at radius 3 is 2.57 bits per heavy atom. The lowest BCUT2D eigenvalue weighted by Crippen LogP contribution is -2.34. The van der Waals surface area contributed by atoms with Gasteiger partial charge in [0.1, 0.15) is 15.7 Å². The Balaban J connectivity index is 1.74. The van der Waals surface area contributed by atoms with Crippen LogP contribution >= 0.6 is 45.9 Å². The number of benzene rings is 1. The molecule has 0 saturated heterocycles. The standard InChI is InChI=1S/C19H14Cl2F2N4OS2/c1-9-5-10(2)27(25-9)4-3-26(18(28)12-8-15(20)30-17(12)21)19-24-16-13(23)6-11(22)7-14(16)29-19/h5-8H,3-4H2,1-2H3. The molecular weight excluding hydrogens is 473 g/mol. The molecule has 156 valence electrons. The third kappa shape index (κ3) is 4.07. The largest absolute Gasteiger partial charge is 0.282 e. The van der Waals surface area contributed by atoms with Gasteiger partial charge in [0.25, 0.3) is 5.91 Å². The number of hydrogen-bond acceptors (Lipinski definition) is 5. The summed E-state index contributed by atoms with van der Waals surface area (Å²) in [5.41, 5.74) is 2.03. The van der Waals surface area contributed by atoms with Crippen LogP contribution in [-0.2, 0) is 6.54 Å². The Morgan fingerprint density at radius 1 is 1.17 bits per heavy atom. The van der Waals surface area contributed by atoms with Crippen LogP contribution in [0.4, 0.5) is 13.9 Å². The molecule has 0 aliphatic rings. The molecule has 0 atom stereocenters. The summed E-state index contributed by atoms with van der Waals surface area (Å²) in [6.07, 6.45) is 0. The molecule has 5 nitrogen and oxygen atoms in total. The van der Waals surface area contributed by atoms with Gasteiger partial charge in [-0.1, -0.05) is 34.5 Å². The first-order chi connectivity index (χ1) is 14.2. The maximum Gasteiger partial charge on any atom is 0.262 e. The molecular formula is C19H14Cl2F2N4OS2. The molecule has 3 aromatic heterocycles. The smallest absolute Gasteiger partial charge is 0.262 e. The second-order valence-corrected chi connectivity index (χ2v) is 9.87. The first-order valence-electron chi connectivity index (χ1n) is 8.76. The Bertz CT molecular complexity index is 1270. The number of rotatable bonds is 5. The van der Waals surface area contributed by atoms with E-state index in [9.17, 15) is 13.6 Å². The van der Waals surface area contributed by atoms with Gasteiger partial charge in [-0.3, -0.25) is 14.4 Å². The average Bonchev–Trinajstić information content (AvgIpc) is 3.32. The van der Waals surface area contributed by atoms with E-state index >= 15 is 0 Å². The fraction of sp³-hybridized carbons (Fsp3) is 0.211. The summed E-state index contributed by atoms with van der Waals surface area (Å²) < 4.78 is 30.5. The van der Waals surface area contributed by atoms with Crippen LogP contribution in [0.15, 0.2) is 24.3 Å². The van der Waals surface area contributed by atoms with E-state index in [4.69, 9.17) is 23.2 Å². The number of nitrogens with zero attached hydrogens (tertiary/aromatic N) is 4. The van der Waals surface area contributed by atoms with E-state index in [1.807, 2.05) is 19.9 Å². The van der Waals surface area contributed by atoms with Crippen LogP contribution in [0.5, 0.6) is 0 Å². The molecule has 0 spiro atoms. The van der Waals surface area contributed by atoms with Crippen LogP contribution < -0.4 is 4.90 Å². The lowest BCUT2D eigenvalue weighted by molar-refractivity contribution is 0.0986. The zero-order valence-corrected chi connectivity index (χ0v) is 18.9. The third-order valence-electron chi connectivity index (χ3n) is 4.40. The summed E-state index contributed by atoms with van der Waals surface area (Å²) in [6.45, 7) is 4.38. The number of halogens is 4. The van der Waals surface area contributed by atoms with Crippen molar-refractivity contribution < 1.29 is 13.6 Å². The number of anilines is 1. The molecule has 4 rings (SSSR count). The summed E-state index contributed by atoms with van der Waals surface area (Å²) in [4.78, 5) is 18.9. The Hall–Kier alpha value is -2.07. The number of carbonyl (C=O) groups excluding carboxylic acids is 1. The molecule has 30 heavy (non-hydrogen) atoms. The minimum absolute atomic E-state index is 0.00904. The highest BCUT2D eigenvalue weighted by atomic mass is 35.5. The predicted octanol–water partition coefficient (Wildman–Crippen LogP) is 6.10. The number of fused-ring (bicyclic) bond motifs is 1. The normalized spacial score (nSPS) is 11.4. The van der Waals surface area contributed by atoms with Crippen LogP contribution in [0.25, 0.3) is 10.2 Å². The van der Waals surface area contributed by atoms with Gasteiger partial charge < -0.3 is 0 Å². The quantitative estimate of drug-likeness (QED) is 0.342. The minimum Gasteiger partial charge on any atom is -0.282 e. The first kappa shape index (κ1) is 21.2. The lowest BCUT2D eigenvalue weighted by atomic mass is 10.3. The highest BCUT2D eigenvalue weighted by molar-refractivity contribution is 7.22. The Morgan fingerprint density at radius 2 is 1.93 bits per heavy atom. The number of thiazole rings is 1. The topological polar surface area (TPSA) is 51.0 Å². The Kier molecular flexibility index (Phi) is 5.80. The van der Waals surface area contributed by atoms with Crippen molar-refractivity contribution in [1.29, 1.82) is 0 Å². The second kappa shape index (κ2) is 8.22. The molecule has 0 N–H and O–H groups in total. The van der Waals surface area contributed by atoms with Crippen molar-refractivity contribution in [2.24, 2.45) is 0 Å². The molecule has 1 aromatic carbocycles. The average molecular weight is 487 g/mol. The number of carbonyl (C=O) groups is 1. The van der Waals surface area contributed by atoms with Gasteiger partial charge in [0.05, 0.1) is 26.8 Å². The maximum absolute atomic E-state index is 14.2. The third-order valence-corrected chi connectivity index (χ3v) is 6.92. The van der Waals surface area contributed by atoms with Gasteiger partial charge in [0.2, 0.25) is 0 Å². The van der Waals surface area contributed by atoms with Crippen LogP contribution in [0.2, 0.25) is 8.67 Å². The van der Waals surface area contributed by atoms with Gasteiger partial charge in [0.15, 0.2) is 10.9 Å². The second-order valence-electron chi connectivity index (χ2n) is 6.58. The SMILES string of the molecule is Cc1cc(C)n(CCN(C(=O)c2cc(Cl)sc2Cl)c2nc3c(F)cc(F)cc3s2)n1. The molecule has 0 radical (unpaired) electrons. The minimum atomic E-state index is -0.782. The maximum atomic E-state index is 14.2. The van der Waals surface area contributed by atoms with Gasteiger partial charge in [-0.25, -0.2) is 13.8 Å². The van der Waals surface area contributed by atoms with E-state index in [1.165, 1.54) is 17.0 Å². The summed E-state index contributed by atoms with van der Waals surface area (Å²) in [6, 6.07) is 5.37. The molecule has 11 heteroatoms. The predicted molar refractivity (Wildman–Crippen MR) is 117 cm³/mol. The molecule has 0 fully saturated rings. The molecule has 0 aliphatic carbocycles. The number of amides is 1. The highest BCUT2D eigenvalue weighted by Gasteiger charge is 2.26. The molecule has 0 aliphatic heterocycles. The van der Waals surface area contributed by atoms with Crippen molar-refractivity contribution >= 4 is 67.1 Å². The van der Waals surface area contributed by atoms with Crippen LogP contribution in [-0.4, -0.2) is 27.2 Å². The van der Waals surface area contributed by atoms with Gasteiger partial charge in [-0.05, 0) is 32.0 Å². The van der Waals surface area contributed by atoms with Crippen molar-refractivity contribution in [3.05, 3.63) is 61.5 Å². The van der Waals surface area contributed by atoms with E-state index in [2.05, 4.69) is 10.1 Å². The van der Waals surface area contributed by atoms with Crippen molar-refractivity contribution in [1.82, 2.24) is 14.8 Å². The molecule has 0 unspecified atom stereocenters. The summed E-state index contributed by atoms with van der Waals surface area (Å²) in [7, 11) is 0.